The van der Waals surface area contributed by atoms with Gasteiger partial charge in [0, 0.05) is 36.3 Å². The molecular weight excluding hydrogens is 267 g/mol. The molecule has 0 bridgehead atoms. The Morgan fingerprint density at radius 1 is 1.25 bits per heavy atom. The fraction of sp³-hybridized carbons (Fsp3) is 0.600. The van der Waals surface area contributed by atoms with Gasteiger partial charge >= 0.3 is 0 Å². The normalized spacial score (nSPS) is 24.1. The molecule has 3 unspecified atom stereocenters. The minimum Gasteiger partial charge on any atom is -0.378 e. The molecule has 1 saturated heterocycles. The van der Waals surface area contributed by atoms with Crippen molar-refractivity contribution < 1.29 is 17.9 Å². The van der Waals surface area contributed by atoms with Gasteiger partial charge in [-0.3, -0.25) is 0 Å². The maximum absolute atomic E-state index is 14.0. The molecule has 5 heteroatoms. The van der Waals surface area contributed by atoms with Crippen molar-refractivity contribution in [1.82, 2.24) is 5.32 Å². The average molecular weight is 287 g/mol. The molecule has 112 valence electrons. The fourth-order valence-electron chi connectivity index (χ4n) is 3.00. The van der Waals surface area contributed by atoms with Crippen molar-refractivity contribution >= 4 is 0 Å². The standard InChI is InChI=1S/C15H20F3NO/c1-3-13-10(5-6-20-13)15(19-4-2)14-11(17)7-9(16)8-12(14)18/h7-8,10,13,15,19H,3-6H2,1-2H3. The zero-order valence-electron chi connectivity index (χ0n) is 11.8. The Labute approximate surface area is 117 Å². The van der Waals surface area contributed by atoms with Gasteiger partial charge in [0.15, 0.2) is 0 Å². The van der Waals surface area contributed by atoms with Gasteiger partial charge in [-0.25, -0.2) is 13.2 Å². The summed E-state index contributed by atoms with van der Waals surface area (Å²) in [7, 11) is 0. The molecule has 1 aromatic carbocycles. The lowest BCUT2D eigenvalue weighted by Gasteiger charge is -2.28. The lowest BCUT2D eigenvalue weighted by atomic mass is 9.86. The highest BCUT2D eigenvalue weighted by atomic mass is 19.1. The van der Waals surface area contributed by atoms with E-state index in [0.717, 1.165) is 25.0 Å². The number of benzene rings is 1. The van der Waals surface area contributed by atoms with Crippen molar-refractivity contribution in [3.63, 3.8) is 0 Å². The van der Waals surface area contributed by atoms with E-state index in [9.17, 15) is 13.2 Å². The third kappa shape index (κ3) is 2.99. The molecule has 0 radical (unpaired) electrons. The van der Waals surface area contributed by atoms with Crippen LogP contribution < -0.4 is 5.32 Å². The molecule has 3 atom stereocenters. The number of ether oxygens (including phenoxy) is 1. The van der Waals surface area contributed by atoms with Crippen molar-refractivity contribution in [2.24, 2.45) is 5.92 Å². The molecule has 20 heavy (non-hydrogen) atoms. The second-order valence-electron chi connectivity index (χ2n) is 5.09. The first kappa shape index (κ1) is 15.3. The van der Waals surface area contributed by atoms with Crippen LogP contribution in [0.3, 0.4) is 0 Å². The van der Waals surface area contributed by atoms with E-state index in [0.29, 0.717) is 13.2 Å². The number of hydrogen-bond acceptors (Lipinski definition) is 2. The van der Waals surface area contributed by atoms with E-state index in [1.165, 1.54) is 0 Å². The Hall–Kier alpha value is -1.07. The maximum atomic E-state index is 14.0. The molecule has 1 aromatic rings. The first-order valence-corrected chi connectivity index (χ1v) is 7.07. The lowest BCUT2D eigenvalue weighted by Crippen LogP contribution is -2.34. The van der Waals surface area contributed by atoms with Crippen LogP contribution in [-0.4, -0.2) is 19.3 Å². The van der Waals surface area contributed by atoms with E-state index >= 15 is 0 Å². The van der Waals surface area contributed by atoms with Crippen LogP contribution >= 0.6 is 0 Å². The van der Waals surface area contributed by atoms with Crippen LogP contribution in [0.5, 0.6) is 0 Å². The van der Waals surface area contributed by atoms with Crippen molar-refractivity contribution in [3.8, 4) is 0 Å². The first-order valence-electron chi connectivity index (χ1n) is 7.07. The van der Waals surface area contributed by atoms with Crippen LogP contribution in [0.2, 0.25) is 0 Å². The fourth-order valence-corrected chi connectivity index (χ4v) is 3.00. The number of nitrogens with one attached hydrogen (secondary N) is 1. The SMILES string of the molecule is CCNC(c1c(F)cc(F)cc1F)C1CCOC1CC. The van der Waals surface area contributed by atoms with Gasteiger partial charge in [-0.15, -0.1) is 0 Å². The van der Waals surface area contributed by atoms with Crippen LogP contribution in [-0.2, 0) is 4.74 Å². The van der Waals surface area contributed by atoms with Crippen molar-refractivity contribution in [1.29, 1.82) is 0 Å². The molecule has 1 fully saturated rings. The van der Waals surface area contributed by atoms with Gasteiger partial charge in [0.2, 0.25) is 0 Å². The summed E-state index contributed by atoms with van der Waals surface area (Å²) in [5, 5.41) is 3.12. The second kappa shape index (κ2) is 6.59. The van der Waals surface area contributed by atoms with Gasteiger partial charge in [-0.05, 0) is 19.4 Å². The highest BCUT2D eigenvalue weighted by molar-refractivity contribution is 5.25. The van der Waals surface area contributed by atoms with Crippen molar-refractivity contribution in [3.05, 3.63) is 35.1 Å². The lowest BCUT2D eigenvalue weighted by molar-refractivity contribution is 0.0767. The first-order chi connectivity index (χ1) is 9.58. The van der Waals surface area contributed by atoms with Crippen LogP contribution in [0, 0.1) is 23.4 Å². The Morgan fingerprint density at radius 2 is 1.90 bits per heavy atom. The van der Waals surface area contributed by atoms with Crippen molar-refractivity contribution in [2.45, 2.75) is 38.8 Å². The highest BCUT2D eigenvalue weighted by Gasteiger charge is 2.36. The molecule has 1 aliphatic heterocycles. The Kier molecular flexibility index (Phi) is 5.05. The predicted octanol–water partition coefficient (Wildman–Crippen LogP) is 3.57. The Bertz CT molecular complexity index is 443. The molecule has 1 N–H and O–H groups in total. The van der Waals surface area contributed by atoms with Crippen molar-refractivity contribution in [2.75, 3.05) is 13.2 Å². The van der Waals surface area contributed by atoms with E-state index in [1.807, 2.05) is 13.8 Å². The summed E-state index contributed by atoms with van der Waals surface area (Å²) in [4.78, 5) is 0. The van der Waals surface area contributed by atoms with Gasteiger partial charge in [0.1, 0.15) is 17.5 Å². The molecular formula is C15H20F3NO. The van der Waals surface area contributed by atoms with Gasteiger partial charge in [0.05, 0.1) is 6.10 Å². The third-order valence-electron chi connectivity index (χ3n) is 3.87. The zero-order chi connectivity index (χ0) is 14.7. The van der Waals surface area contributed by atoms with Gasteiger partial charge in [-0.1, -0.05) is 13.8 Å². The van der Waals surface area contributed by atoms with E-state index < -0.39 is 23.5 Å². The monoisotopic (exact) mass is 287 g/mol. The topological polar surface area (TPSA) is 21.3 Å². The Balaban J connectivity index is 2.38. The zero-order valence-corrected chi connectivity index (χ0v) is 11.8. The summed E-state index contributed by atoms with van der Waals surface area (Å²) < 4.78 is 46.7. The van der Waals surface area contributed by atoms with Crippen LogP contribution in [0.15, 0.2) is 12.1 Å². The Morgan fingerprint density at radius 3 is 2.45 bits per heavy atom. The molecule has 1 aliphatic rings. The molecule has 0 amide bonds. The average Bonchev–Trinajstić information content (AvgIpc) is 2.84. The van der Waals surface area contributed by atoms with Gasteiger partial charge in [-0.2, -0.15) is 0 Å². The second-order valence-corrected chi connectivity index (χ2v) is 5.09. The third-order valence-corrected chi connectivity index (χ3v) is 3.87. The minimum absolute atomic E-state index is 0.00517. The predicted molar refractivity (Wildman–Crippen MR) is 70.9 cm³/mol. The van der Waals surface area contributed by atoms with Crippen LogP contribution in [0.1, 0.15) is 38.3 Å². The molecule has 1 heterocycles. The van der Waals surface area contributed by atoms with Crippen LogP contribution in [0.25, 0.3) is 0 Å². The summed E-state index contributed by atoms with van der Waals surface area (Å²) in [6.45, 7) is 5.04. The van der Waals surface area contributed by atoms with E-state index in [-0.39, 0.29) is 17.6 Å². The quantitative estimate of drug-likeness (QED) is 0.894. The number of hydrogen-bond donors (Lipinski definition) is 1. The molecule has 0 aliphatic carbocycles. The molecule has 0 saturated carbocycles. The summed E-state index contributed by atoms with van der Waals surface area (Å²) in [5.41, 5.74) is -0.0813. The number of rotatable bonds is 5. The summed E-state index contributed by atoms with van der Waals surface area (Å²) in [5.74, 6) is -2.58. The van der Waals surface area contributed by atoms with Gasteiger partial charge < -0.3 is 10.1 Å². The molecule has 0 aromatic heterocycles. The van der Waals surface area contributed by atoms with E-state index in [2.05, 4.69) is 5.32 Å². The smallest absolute Gasteiger partial charge is 0.133 e. The number of halogens is 3. The summed E-state index contributed by atoms with van der Waals surface area (Å²) >= 11 is 0. The minimum atomic E-state index is -0.895. The van der Waals surface area contributed by atoms with Crippen LogP contribution in [0.4, 0.5) is 13.2 Å². The summed E-state index contributed by atoms with van der Waals surface area (Å²) in [6.07, 6.45) is 1.51. The molecule has 2 nitrogen and oxygen atoms in total. The maximum Gasteiger partial charge on any atom is 0.133 e. The van der Waals surface area contributed by atoms with E-state index in [4.69, 9.17) is 4.74 Å². The highest BCUT2D eigenvalue weighted by Crippen LogP contribution is 2.37. The summed E-state index contributed by atoms with van der Waals surface area (Å²) in [6, 6.07) is 0.979. The molecule has 0 spiro atoms. The largest absolute Gasteiger partial charge is 0.378 e. The van der Waals surface area contributed by atoms with E-state index in [1.54, 1.807) is 0 Å². The molecule has 2 rings (SSSR count). The van der Waals surface area contributed by atoms with Gasteiger partial charge in [0.25, 0.3) is 0 Å².